The van der Waals surface area contributed by atoms with Gasteiger partial charge >= 0.3 is 0 Å². The fourth-order valence-electron chi connectivity index (χ4n) is 3.73. The van der Waals surface area contributed by atoms with E-state index in [2.05, 4.69) is 4.72 Å². The number of anilines is 2. The molecule has 1 aliphatic rings. The van der Waals surface area contributed by atoms with Gasteiger partial charge in [-0.15, -0.1) is 0 Å². The molecule has 4 rings (SSSR count). The number of carbonyl (C=O) groups is 1. The fourth-order valence-corrected chi connectivity index (χ4v) is 5.01. The topological polar surface area (TPSA) is 66.5 Å². The number of fused-ring (bicyclic) bond motifs is 2. The molecule has 1 amide bonds. The van der Waals surface area contributed by atoms with Gasteiger partial charge in [0.1, 0.15) is 0 Å². The first-order valence-corrected chi connectivity index (χ1v) is 10.9. The zero-order chi connectivity index (χ0) is 19.7. The molecular formula is C22H22N2O3S. The van der Waals surface area contributed by atoms with Crippen LogP contribution < -0.4 is 9.62 Å². The van der Waals surface area contributed by atoms with E-state index in [1.165, 1.54) is 0 Å². The Hall–Kier alpha value is -2.86. The molecule has 1 N–H and O–H groups in total. The Morgan fingerprint density at radius 3 is 2.68 bits per heavy atom. The van der Waals surface area contributed by atoms with Crippen molar-refractivity contribution < 1.29 is 13.2 Å². The third-order valence-corrected chi connectivity index (χ3v) is 6.54. The Morgan fingerprint density at radius 1 is 1.07 bits per heavy atom. The highest BCUT2D eigenvalue weighted by molar-refractivity contribution is 7.93. The molecule has 0 saturated heterocycles. The molecule has 0 fully saturated rings. The van der Waals surface area contributed by atoms with Crippen molar-refractivity contribution >= 4 is 38.1 Å². The number of benzene rings is 3. The third-order valence-electron chi connectivity index (χ3n) is 5.10. The fraction of sp³-hybridized carbons (Fsp3) is 0.227. The molecule has 0 bridgehead atoms. The van der Waals surface area contributed by atoms with Crippen LogP contribution in [0, 0.1) is 0 Å². The summed E-state index contributed by atoms with van der Waals surface area (Å²) in [6.45, 7) is 2.50. The molecule has 5 nitrogen and oxygen atoms in total. The van der Waals surface area contributed by atoms with Gasteiger partial charge in [0.25, 0.3) is 10.0 Å². The van der Waals surface area contributed by atoms with Gasteiger partial charge < -0.3 is 4.90 Å². The molecule has 28 heavy (non-hydrogen) atoms. The minimum absolute atomic E-state index is 0.0509. The van der Waals surface area contributed by atoms with E-state index in [1.54, 1.807) is 35.2 Å². The van der Waals surface area contributed by atoms with E-state index < -0.39 is 10.0 Å². The van der Waals surface area contributed by atoms with Crippen molar-refractivity contribution in [1.29, 1.82) is 0 Å². The van der Waals surface area contributed by atoms with Crippen molar-refractivity contribution in [2.45, 2.75) is 31.1 Å². The van der Waals surface area contributed by atoms with E-state index in [-0.39, 0.29) is 10.8 Å². The van der Waals surface area contributed by atoms with Gasteiger partial charge in [0.05, 0.1) is 10.6 Å². The van der Waals surface area contributed by atoms with Crippen molar-refractivity contribution in [3.8, 4) is 0 Å². The molecular weight excluding hydrogens is 372 g/mol. The normalized spacial score (nSPS) is 14.0. The first-order chi connectivity index (χ1) is 13.5. The summed E-state index contributed by atoms with van der Waals surface area (Å²) in [5.74, 6) is 0.0509. The largest absolute Gasteiger partial charge is 0.312 e. The summed E-state index contributed by atoms with van der Waals surface area (Å²) < 4.78 is 28.8. The highest BCUT2D eigenvalue weighted by Crippen LogP contribution is 2.32. The van der Waals surface area contributed by atoms with Gasteiger partial charge in [0.2, 0.25) is 5.91 Å². The van der Waals surface area contributed by atoms with Crippen LogP contribution in [-0.4, -0.2) is 20.9 Å². The first kappa shape index (κ1) is 18.5. The number of amides is 1. The van der Waals surface area contributed by atoms with E-state index >= 15 is 0 Å². The smallest absolute Gasteiger partial charge is 0.262 e. The summed E-state index contributed by atoms with van der Waals surface area (Å²) in [4.78, 5) is 14.3. The Balaban J connectivity index is 1.72. The number of carbonyl (C=O) groups excluding carboxylic acids is 1. The van der Waals surface area contributed by atoms with Gasteiger partial charge in [-0.05, 0) is 42.0 Å². The van der Waals surface area contributed by atoms with Crippen molar-refractivity contribution in [3.05, 3.63) is 66.2 Å². The summed E-state index contributed by atoms with van der Waals surface area (Å²) in [6.07, 6.45) is 2.23. The van der Waals surface area contributed by atoms with Gasteiger partial charge in [0, 0.05) is 24.0 Å². The summed E-state index contributed by atoms with van der Waals surface area (Å²) >= 11 is 0. The van der Waals surface area contributed by atoms with Gasteiger partial charge in [-0.2, -0.15) is 0 Å². The van der Waals surface area contributed by atoms with Crippen molar-refractivity contribution in [2.75, 3.05) is 16.2 Å². The maximum atomic E-state index is 13.1. The van der Waals surface area contributed by atoms with Crippen LogP contribution >= 0.6 is 0 Å². The number of nitrogens with zero attached hydrogens (tertiary/aromatic N) is 1. The standard InChI is InChI=1S/C22H22N2O3S/c1-2-22(25)24-14-6-9-17-12-13-18(15-20(17)24)23-28(26,27)21-11-5-8-16-7-3-4-10-19(16)21/h3-5,7-8,10-13,15,23H,2,6,9,14H2,1H3. The number of hydrogen-bond donors (Lipinski definition) is 1. The maximum absolute atomic E-state index is 13.1. The lowest BCUT2D eigenvalue weighted by Gasteiger charge is -2.30. The first-order valence-electron chi connectivity index (χ1n) is 9.43. The highest BCUT2D eigenvalue weighted by Gasteiger charge is 2.23. The van der Waals surface area contributed by atoms with Crippen LogP contribution in [0.15, 0.2) is 65.6 Å². The lowest BCUT2D eigenvalue weighted by Crippen LogP contribution is -2.35. The van der Waals surface area contributed by atoms with Gasteiger partial charge in [-0.3, -0.25) is 9.52 Å². The monoisotopic (exact) mass is 394 g/mol. The molecule has 0 atom stereocenters. The van der Waals surface area contributed by atoms with Crippen LogP contribution in [-0.2, 0) is 21.2 Å². The number of rotatable bonds is 4. The average molecular weight is 394 g/mol. The SMILES string of the molecule is CCC(=O)N1CCCc2ccc(NS(=O)(=O)c3cccc4ccccc34)cc21. The van der Waals surface area contributed by atoms with Crippen LogP contribution in [0.25, 0.3) is 10.8 Å². The van der Waals surface area contributed by atoms with Crippen molar-refractivity contribution in [2.24, 2.45) is 0 Å². The third kappa shape index (κ3) is 3.36. The zero-order valence-electron chi connectivity index (χ0n) is 15.7. The van der Waals surface area contributed by atoms with Gasteiger partial charge in [0.15, 0.2) is 0 Å². The molecule has 0 aromatic heterocycles. The molecule has 0 spiro atoms. The van der Waals surface area contributed by atoms with Gasteiger partial charge in [-0.25, -0.2) is 8.42 Å². The Bertz CT molecular complexity index is 1150. The van der Waals surface area contributed by atoms with E-state index in [1.807, 2.05) is 37.3 Å². The van der Waals surface area contributed by atoms with Gasteiger partial charge in [-0.1, -0.05) is 49.4 Å². The summed E-state index contributed by atoms with van der Waals surface area (Å²) in [6, 6.07) is 18.1. The second-order valence-electron chi connectivity index (χ2n) is 6.93. The Kier molecular flexibility index (Phi) is 4.81. The predicted molar refractivity (Wildman–Crippen MR) is 112 cm³/mol. The molecule has 0 unspecified atom stereocenters. The number of hydrogen-bond acceptors (Lipinski definition) is 3. The molecule has 0 saturated carbocycles. The molecule has 6 heteroatoms. The van der Waals surface area contributed by atoms with E-state index in [4.69, 9.17) is 0 Å². The van der Waals surface area contributed by atoms with E-state index in [0.29, 0.717) is 24.0 Å². The lowest BCUT2D eigenvalue weighted by molar-refractivity contribution is -0.118. The summed E-state index contributed by atoms with van der Waals surface area (Å²) in [5, 5.41) is 1.55. The Labute approximate surface area is 165 Å². The van der Waals surface area contributed by atoms with E-state index in [0.717, 1.165) is 29.5 Å². The van der Waals surface area contributed by atoms with Crippen LogP contribution in [0.2, 0.25) is 0 Å². The quantitative estimate of drug-likeness (QED) is 0.716. The van der Waals surface area contributed by atoms with Crippen LogP contribution in [0.1, 0.15) is 25.3 Å². The number of aryl methyl sites for hydroxylation is 1. The van der Waals surface area contributed by atoms with Crippen LogP contribution in [0.3, 0.4) is 0 Å². The Morgan fingerprint density at radius 2 is 1.86 bits per heavy atom. The average Bonchev–Trinajstić information content (AvgIpc) is 2.72. The number of sulfonamides is 1. The maximum Gasteiger partial charge on any atom is 0.262 e. The van der Waals surface area contributed by atoms with Crippen LogP contribution in [0.5, 0.6) is 0 Å². The highest BCUT2D eigenvalue weighted by atomic mass is 32.2. The molecule has 0 aliphatic carbocycles. The lowest BCUT2D eigenvalue weighted by atomic mass is 10.0. The minimum Gasteiger partial charge on any atom is -0.312 e. The molecule has 1 heterocycles. The molecule has 0 radical (unpaired) electrons. The molecule has 3 aromatic rings. The molecule has 1 aliphatic heterocycles. The van der Waals surface area contributed by atoms with Crippen molar-refractivity contribution in [1.82, 2.24) is 0 Å². The summed E-state index contributed by atoms with van der Waals surface area (Å²) in [5.41, 5.74) is 2.33. The second kappa shape index (κ2) is 7.28. The predicted octanol–water partition coefficient (Wildman–Crippen LogP) is 4.33. The van der Waals surface area contributed by atoms with Crippen molar-refractivity contribution in [3.63, 3.8) is 0 Å². The zero-order valence-corrected chi connectivity index (χ0v) is 16.5. The molecule has 3 aromatic carbocycles. The van der Waals surface area contributed by atoms with Crippen LogP contribution in [0.4, 0.5) is 11.4 Å². The number of nitrogens with one attached hydrogen (secondary N) is 1. The minimum atomic E-state index is -3.76. The molecule has 144 valence electrons. The summed E-state index contributed by atoms with van der Waals surface area (Å²) in [7, 11) is -3.76. The second-order valence-corrected chi connectivity index (χ2v) is 8.58. The van der Waals surface area contributed by atoms with E-state index in [9.17, 15) is 13.2 Å².